The minimum atomic E-state index is -0.479. The molecule has 0 amide bonds. The second kappa shape index (κ2) is 6.65. The number of hydrogen-bond donors (Lipinski definition) is 1. The molecule has 0 aliphatic rings. The van der Waals surface area contributed by atoms with Gasteiger partial charge in [-0.05, 0) is 24.0 Å². The Kier molecular flexibility index (Phi) is 5.12. The van der Waals surface area contributed by atoms with Crippen LogP contribution in [0.2, 0.25) is 5.15 Å². The van der Waals surface area contributed by atoms with Crippen molar-refractivity contribution in [1.29, 1.82) is 0 Å². The summed E-state index contributed by atoms with van der Waals surface area (Å²) in [6.45, 7) is 0.355. The number of nitrogens with zero attached hydrogens (tertiary/aromatic N) is 1. The highest BCUT2D eigenvalue weighted by Crippen LogP contribution is 2.24. The van der Waals surface area contributed by atoms with E-state index in [0.717, 1.165) is 4.47 Å². The van der Waals surface area contributed by atoms with Crippen molar-refractivity contribution in [2.45, 2.75) is 6.54 Å². The molecule has 7 heteroatoms. The smallest absolute Gasteiger partial charge is 0.297 e. The highest BCUT2D eigenvalue weighted by Gasteiger charge is 2.14. The Labute approximate surface area is 133 Å². The topological polar surface area (TPSA) is 54.9 Å². The van der Waals surface area contributed by atoms with Crippen LogP contribution in [0.1, 0.15) is 0 Å². The van der Waals surface area contributed by atoms with E-state index in [1.54, 1.807) is 23.9 Å². The number of H-pyrrole nitrogens is 1. The van der Waals surface area contributed by atoms with Gasteiger partial charge in [0, 0.05) is 16.8 Å². The van der Waals surface area contributed by atoms with Crippen molar-refractivity contribution < 1.29 is 0 Å². The number of aromatic nitrogens is 2. The molecule has 106 valence electrons. The number of benzene rings is 1. The summed E-state index contributed by atoms with van der Waals surface area (Å²) >= 11 is 11.0. The summed E-state index contributed by atoms with van der Waals surface area (Å²) in [5, 5.41) is 0.0681. The van der Waals surface area contributed by atoms with Crippen LogP contribution in [0.3, 0.4) is 0 Å². The molecular formula is C13H12BrClN2O2S. The Hall–Kier alpha value is -0.980. The van der Waals surface area contributed by atoms with E-state index < -0.39 is 5.69 Å². The van der Waals surface area contributed by atoms with Crippen molar-refractivity contribution in [3.05, 3.63) is 54.7 Å². The van der Waals surface area contributed by atoms with Crippen LogP contribution >= 0.6 is 39.3 Å². The minimum Gasteiger partial charge on any atom is -0.297 e. The Morgan fingerprint density at radius 1 is 1.40 bits per heavy atom. The van der Waals surface area contributed by atoms with Crippen molar-refractivity contribution in [2.24, 2.45) is 0 Å². The number of thioether (sulfide) groups is 1. The average Bonchev–Trinajstić information content (AvgIpc) is 2.38. The Bertz CT molecular complexity index is 742. The molecular weight excluding hydrogens is 364 g/mol. The van der Waals surface area contributed by atoms with Gasteiger partial charge < -0.3 is 0 Å². The Balaban J connectivity index is 2.65. The van der Waals surface area contributed by atoms with E-state index in [-0.39, 0.29) is 10.7 Å². The second-order valence-corrected chi connectivity index (χ2v) is 6.36. The maximum atomic E-state index is 12.5. The lowest BCUT2D eigenvalue weighted by atomic mass is 10.1. The van der Waals surface area contributed by atoms with E-state index in [0.29, 0.717) is 23.4 Å². The van der Waals surface area contributed by atoms with Gasteiger partial charge in [-0.2, -0.15) is 11.8 Å². The Morgan fingerprint density at radius 2 is 2.15 bits per heavy atom. The lowest BCUT2D eigenvalue weighted by molar-refractivity contribution is 0.682. The Morgan fingerprint density at radius 3 is 2.80 bits per heavy atom. The summed E-state index contributed by atoms with van der Waals surface area (Å²) in [7, 11) is 0. The van der Waals surface area contributed by atoms with E-state index >= 15 is 0 Å². The maximum absolute atomic E-state index is 12.5. The summed E-state index contributed by atoms with van der Waals surface area (Å²) in [4.78, 5) is 26.8. The van der Waals surface area contributed by atoms with Crippen LogP contribution in [-0.2, 0) is 6.54 Å². The van der Waals surface area contributed by atoms with Crippen molar-refractivity contribution in [3.63, 3.8) is 0 Å². The molecule has 0 aliphatic heterocycles. The summed E-state index contributed by atoms with van der Waals surface area (Å²) in [5.41, 5.74) is 0.135. The monoisotopic (exact) mass is 374 g/mol. The van der Waals surface area contributed by atoms with Gasteiger partial charge in [-0.25, -0.2) is 4.79 Å². The molecule has 0 bridgehead atoms. The first-order valence-electron chi connectivity index (χ1n) is 5.82. The molecule has 4 nitrogen and oxygen atoms in total. The van der Waals surface area contributed by atoms with Gasteiger partial charge >= 0.3 is 5.69 Å². The third kappa shape index (κ3) is 3.19. The fraction of sp³-hybridized carbons (Fsp3) is 0.231. The summed E-state index contributed by atoms with van der Waals surface area (Å²) in [5.74, 6) is 0.683. The van der Waals surface area contributed by atoms with Crippen LogP contribution in [-0.4, -0.2) is 21.6 Å². The molecule has 0 unspecified atom stereocenters. The number of rotatable bonds is 4. The number of aromatic amines is 1. The fourth-order valence-electron chi connectivity index (χ4n) is 1.82. The molecule has 0 atom stereocenters. The highest BCUT2D eigenvalue weighted by atomic mass is 79.9. The van der Waals surface area contributed by atoms with Gasteiger partial charge in [-0.1, -0.05) is 39.7 Å². The zero-order chi connectivity index (χ0) is 14.7. The SMILES string of the molecule is CSCCn1c(=O)[nH]c(Cl)c(-c2cccc(Br)c2)c1=O. The quantitative estimate of drug-likeness (QED) is 0.836. The van der Waals surface area contributed by atoms with Gasteiger partial charge in [0.2, 0.25) is 0 Å². The van der Waals surface area contributed by atoms with Gasteiger partial charge in [0.05, 0.1) is 5.56 Å². The molecule has 0 radical (unpaired) electrons. The van der Waals surface area contributed by atoms with Crippen LogP contribution < -0.4 is 11.2 Å². The van der Waals surface area contributed by atoms with E-state index in [2.05, 4.69) is 20.9 Å². The van der Waals surface area contributed by atoms with Gasteiger partial charge in [0.1, 0.15) is 5.15 Å². The lowest BCUT2D eigenvalue weighted by Crippen LogP contribution is -2.36. The third-order valence-corrected chi connectivity index (χ3v) is 4.14. The van der Waals surface area contributed by atoms with Crippen LogP contribution in [0.15, 0.2) is 38.3 Å². The summed E-state index contributed by atoms with van der Waals surface area (Å²) in [6, 6.07) is 7.24. The first-order chi connectivity index (χ1) is 9.54. The molecule has 0 saturated carbocycles. The molecule has 2 rings (SSSR count). The van der Waals surface area contributed by atoms with Crippen LogP contribution in [0.25, 0.3) is 11.1 Å². The molecule has 1 aromatic heterocycles. The zero-order valence-corrected chi connectivity index (χ0v) is 13.8. The predicted molar refractivity (Wildman–Crippen MR) is 87.9 cm³/mol. The molecule has 1 N–H and O–H groups in total. The largest absolute Gasteiger partial charge is 0.329 e. The standard InChI is InChI=1S/C13H12BrClN2O2S/c1-20-6-5-17-12(18)10(11(15)16-13(17)19)8-3-2-4-9(14)7-8/h2-4,7H,5-6H2,1H3,(H,16,19). The zero-order valence-electron chi connectivity index (χ0n) is 10.7. The number of nitrogens with one attached hydrogen (secondary N) is 1. The molecule has 1 aromatic carbocycles. The molecule has 0 saturated heterocycles. The normalized spacial score (nSPS) is 10.8. The third-order valence-electron chi connectivity index (χ3n) is 2.77. The first kappa shape index (κ1) is 15.4. The van der Waals surface area contributed by atoms with Crippen molar-refractivity contribution in [1.82, 2.24) is 9.55 Å². The molecule has 1 heterocycles. The molecule has 2 aromatic rings. The van der Waals surface area contributed by atoms with E-state index in [4.69, 9.17) is 11.6 Å². The van der Waals surface area contributed by atoms with Crippen LogP contribution in [0.4, 0.5) is 0 Å². The molecule has 0 aliphatic carbocycles. The fourth-order valence-corrected chi connectivity index (χ4v) is 2.86. The van der Waals surface area contributed by atoms with Gasteiger partial charge in [-0.15, -0.1) is 0 Å². The van der Waals surface area contributed by atoms with Crippen LogP contribution in [0.5, 0.6) is 0 Å². The van der Waals surface area contributed by atoms with Crippen LogP contribution in [0, 0.1) is 0 Å². The minimum absolute atomic E-state index is 0.0681. The molecule has 20 heavy (non-hydrogen) atoms. The second-order valence-electron chi connectivity index (χ2n) is 4.08. The molecule has 0 fully saturated rings. The maximum Gasteiger partial charge on any atom is 0.329 e. The van der Waals surface area contributed by atoms with Gasteiger partial charge in [-0.3, -0.25) is 14.3 Å². The summed E-state index contributed by atoms with van der Waals surface area (Å²) in [6.07, 6.45) is 1.92. The highest BCUT2D eigenvalue weighted by molar-refractivity contribution is 9.10. The lowest BCUT2D eigenvalue weighted by Gasteiger charge is -2.09. The van der Waals surface area contributed by atoms with Gasteiger partial charge in [0.15, 0.2) is 0 Å². The summed E-state index contributed by atoms with van der Waals surface area (Å²) < 4.78 is 2.02. The van der Waals surface area contributed by atoms with E-state index in [1.807, 2.05) is 18.4 Å². The predicted octanol–water partition coefficient (Wildman–Crippen LogP) is 2.98. The number of hydrogen-bond acceptors (Lipinski definition) is 3. The van der Waals surface area contributed by atoms with Gasteiger partial charge in [0.25, 0.3) is 5.56 Å². The van der Waals surface area contributed by atoms with Crippen molar-refractivity contribution in [3.8, 4) is 11.1 Å². The van der Waals surface area contributed by atoms with E-state index in [9.17, 15) is 9.59 Å². The molecule has 0 spiro atoms. The average molecular weight is 376 g/mol. The number of halogens is 2. The van der Waals surface area contributed by atoms with E-state index in [1.165, 1.54) is 4.57 Å². The van der Waals surface area contributed by atoms with Crippen molar-refractivity contribution >= 4 is 39.3 Å². The van der Waals surface area contributed by atoms with Crippen molar-refractivity contribution in [2.75, 3.05) is 12.0 Å². The first-order valence-corrected chi connectivity index (χ1v) is 8.38.